The first-order valence-corrected chi connectivity index (χ1v) is 2.97. The minimum absolute atomic E-state index is 0.185. The first kappa shape index (κ1) is 5.01. The van der Waals surface area contributed by atoms with Crippen LogP contribution in [0.15, 0.2) is 12.2 Å². The van der Waals surface area contributed by atoms with Crippen molar-refractivity contribution in [3.63, 3.8) is 0 Å². The molecule has 1 radical (unpaired) electrons. The summed E-state index contributed by atoms with van der Waals surface area (Å²) in [5.74, 6) is 0. The van der Waals surface area contributed by atoms with Gasteiger partial charge in [-0.05, 0) is 12.5 Å². The Kier molecular flexibility index (Phi) is 0.762. The Bertz CT molecular complexity index is 203. The summed E-state index contributed by atoms with van der Waals surface area (Å²) in [4.78, 5) is 0. The van der Waals surface area contributed by atoms with Gasteiger partial charge in [-0.25, -0.2) is 0 Å². The lowest BCUT2D eigenvalue weighted by Crippen LogP contribution is -2.19. The van der Waals surface area contributed by atoms with Crippen molar-refractivity contribution in [1.29, 1.82) is 5.26 Å². The van der Waals surface area contributed by atoms with Gasteiger partial charge in [0.2, 0.25) is 0 Å². The SMILES string of the molecule is N#CC12[CH]CC(C=C1)O2. The van der Waals surface area contributed by atoms with Crippen LogP contribution >= 0.6 is 0 Å². The maximum absolute atomic E-state index is 8.59. The Morgan fingerprint density at radius 3 is 2.89 bits per heavy atom. The molecule has 1 saturated heterocycles. The molecule has 0 N–H and O–H groups in total. The topological polar surface area (TPSA) is 33.0 Å². The van der Waals surface area contributed by atoms with E-state index in [9.17, 15) is 0 Å². The summed E-state index contributed by atoms with van der Waals surface area (Å²) in [6.07, 6.45) is 6.76. The molecular weight excluding hydrogens is 114 g/mol. The standard InChI is InChI=1S/C7H6NO/c8-5-7-3-1-6(9-7)2-4-7/h1,3-4,6H,2H2. The molecule has 0 aliphatic carbocycles. The summed E-state index contributed by atoms with van der Waals surface area (Å²) in [7, 11) is 0. The number of hydrogen-bond acceptors (Lipinski definition) is 2. The van der Waals surface area contributed by atoms with Gasteiger partial charge in [-0.1, -0.05) is 6.08 Å². The van der Waals surface area contributed by atoms with Gasteiger partial charge < -0.3 is 4.74 Å². The van der Waals surface area contributed by atoms with Gasteiger partial charge in [-0.2, -0.15) is 5.26 Å². The quantitative estimate of drug-likeness (QED) is 0.443. The van der Waals surface area contributed by atoms with E-state index in [1.54, 1.807) is 0 Å². The second-order valence-corrected chi connectivity index (χ2v) is 2.36. The van der Waals surface area contributed by atoms with E-state index in [4.69, 9.17) is 10.00 Å². The highest BCUT2D eigenvalue weighted by atomic mass is 16.5. The monoisotopic (exact) mass is 120 g/mol. The fourth-order valence-electron chi connectivity index (χ4n) is 1.22. The molecule has 0 amide bonds. The predicted octanol–water partition coefficient (Wildman–Crippen LogP) is 0.812. The third kappa shape index (κ3) is 0.526. The molecule has 0 aromatic heterocycles. The zero-order valence-corrected chi connectivity index (χ0v) is 4.87. The van der Waals surface area contributed by atoms with Gasteiger partial charge in [0.25, 0.3) is 0 Å². The average Bonchev–Trinajstić information content (AvgIpc) is 2.46. The van der Waals surface area contributed by atoms with Crippen LogP contribution in [0.1, 0.15) is 6.42 Å². The largest absolute Gasteiger partial charge is 0.349 e. The van der Waals surface area contributed by atoms with Crippen molar-refractivity contribution in [3.05, 3.63) is 18.6 Å². The van der Waals surface area contributed by atoms with Crippen LogP contribution in [-0.4, -0.2) is 11.7 Å². The molecule has 1 fully saturated rings. The lowest BCUT2D eigenvalue weighted by molar-refractivity contribution is 0.0832. The first-order chi connectivity index (χ1) is 4.35. The van der Waals surface area contributed by atoms with Crippen molar-refractivity contribution in [2.45, 2.75) is 18.1 Å². The summed E-state index contributed by atoms with van der Waals surface area (Å²) in [6, 6.07) is 2.10. The van der Waals surface area contributed by atoms with Gasteiger partial charge in [-0.3, -0.25) is 0 Å². The molecule has 0 spiro atoms. The summed E-state index contributed by atoms with van der Waals surface area (Å²) >= 11 is 0. The number of rotatable bonds is 0. The van der Waals surface area contributed by atoms with Crippen LogP contribution in [0.25, 0.3) is 0 Å². The van der Waals surface area contributed by atoms with Crippen LogP contribution in [0.3, 0.4) is 0 Å². The highest BCUT2D eigenvalue weighted by molar-refractivity contribution is 5.33. The molecule has 2 unspecified atom stereocenters. The van der Waals surface area contributed by atoms with Crippen molar-refractivity contribution in [3.8, 4) is 6.07 Å². The Morgan fingerprint density at radius 1 is 1.78 bits per heavy atom. The van der Waals surface area contributed by atoms with Crippen LogP contribution in [-0.2, 0) is 4.74 Å². The minimum Gasteiger partial charge on any atom is -0.349 e. The van der Waals surface area contributed by atoms with Crippen molar-refractivity contribution in [2.75, 3.05) is 0 Å². The summed E-state index contributed by atoms with van der Waals surface area (Å²) in [5.41, 5.74) is -0.648. The molecule has 2 heteroatoms. The maximum Gasteiger partial charge on any atom is 0.176 e. The van der Waals surface area contributed by atoms with E-state index in [0.29, 0.717) is 0 Å². The van der Waals surface area contributed by atoms with Crippen LogP contribution in [0.5, 0.6) is 0 Å². The van der Waals surface area contributed by atoms with Crippen LogP contribution in [0, 0.1) is 17.8 Å². The lowest BCUT2D eigenvalue weighted by Gasteiger charge is -2.09. The van der Waals surface area contributed by atoms with E-state index in [2.05, 4.69) is 6.07 Å². The van der Waals surface area contributed by atoms with Crippen LogP contribution < -0.4 is 0 Å². The summed E-state index contributed by atoms with van der Waals surface area (Å²) in [6.45, 7) is 0. The van der Waals surface area contributed by atoms with E-state index < -0.39 is 5.60 Å². The number of nitriles is 1. The average molecular weight is 120 g/mol. The van der Waals surface area contributed by atoms with E-state index >= 15 is 0 Å². The zero-order valence-electron chi connectivity index (χ0n) is 4.87. The Morgan fingerprint density at radius 2 is 2.67 bits per heavy atom. The zero-order chi connectivity index (χ0) is 6.32. The summed E-state index contributed by atoms with van der Waals surface area (Å²) < 4.78 is 5.28. The number of fused-ring (bicyclic) bond motifs is 2. The number of nitrogens with zero attached hydrogens (tertiary/aromatic N) is 1. The fraction of sp³-hybridized carbons (Fsp3) is 0.429. The molecule has 2 aliphatic rings. The maximum atomic E-state index is 8.59. The van der Waals surface area contributed by atoms with Crippen LogP contribution in [0.4, 0.5) is 0 Å². The lowest BCUT2D eigenvalue weighted by atomic mass is 9.97. The van der Waals surface area contributed by atoms with E-state index in [1.165, 1.54) is 0 Å². The normalized spacial score (nSPS) is 45.4. The van der Waals surface area contributed by atoms with Gasteiger partial charge in [0, 0.05) is 6.42 Å². The molecule has 45 valence electrons. The predicted molar refractivity (Wildman–Crippen MR) is 31.3 cm³/mol. The van der Waals surface area contributed by atoms with E-state index in [1.807, 2.05) is 18.6 Å². The third-order valence-corrected chi connectivity index (χ3v) is 1.73. The molecule has 2 heterocycles. The molecule has 2 atom stereocenters. The molecule has 2 aliphatic heterocycles. The smallest absolute Gasteiger partial charge is 0.176 e. The molecule has 2 nitrogen and oxygen atoms in total. The van der Waals surface area contributed by atoms with Crippen LogP contribution in [0.2, 0.25) is 0 Å². The first-order valence-electron chi connectivity index (χ1n) is 2.97. The van der Waals surface area contributed by atoms with Crippen molar-refractivity contribution in [1.82, 2.24) is 0 Å². The molecule has 2 rings (SSSR count). The third-order valence-electron chi connectivity index (χ3n) is 1.73. The summed E-state index contributed by atoms with van der Waals surface area (Å²) in [5, 5.41) is 8.59. The molecule has 0 saturated carbocycles. The van der Waals surface area contributed by atoms with Gasteiger partial charge in [-0.15, -0.1) is 0 Å². The van der Waals surface area contributed by atoms with E-state index in [-0.39, 0.29) is 6.10 Å². The highest BCUT2D eigenvalue weighted by Crippen LogP contribution is 2.36. The number of ether oxygens (including phenoxy) is 1. The highest BCUT2D eigenvalue weighted by Gasteiger charge is 2.42. The molecule has 0 aromatic carbocycles. The van der Waals surface area contributed by atoms with Gasteiger partial charge in [0.15, 0.2) is 5.60 Å². The molecule has 0 aromatic rings. The second-order valence-electron chi connectivity index (χ2n) is 2.36. The van der Waals surface area contributed by atoms with Gasteiger partial charge >= 0.3 is 0 Å². The van der Waals surface area contributed by atoms with Crippen molar-refractivity contribution >= 4 is 0 Å². The Labute approximate surface area is 53.7 Å². The molecule has 9 heavy (non-hydrogen) atoms. The Balaban J connectivity index is 2.36. The van der Waals surface area contributed by atoms with Crippen molar-refractivity contribution < 1.29 is 4.74 Å². The fourth-order valence-corrected chi connectivity index (χ4v) is 1.22. The van der Waals surface area contributed by atoms with Crippen molar-refractivity contribution in [2.24, 2.45) is 0 Å². The van der Waals surface area contributed by atoms with Gasteiger partial charge in [0.1, 0.15) is 6.07 Å². The minimum atomic E-state index is -0.648. The molecule has 2 bridgehead atoms. The second kappa shape index (κ2) is 1.37. The van der Waals surface area contributed by atoms with Gasteiger partial charge in [0.05, 0.1) is 6.10 Å². The Hall–Kier alpha value is -0.810. The van der Waals surface area contributed by atoms with E-state index in [0.717, 1.165) is 6.42 Å². The molecular formula is C7H6NO. The number of hydrogen-bond donors (Lipinski definition) is 0.